The van der Waals surface area contributed by atoms with Gasteiger partial charge in [-0.3, -0.25) is 4.68 Å². The molecule has 0 aliphatic rings. The molecule has 1 N–H and O–H groups in total. The Bertz CT molecular complexity index is 548. The molecule has 0 aliphatic carbocycles. The van der Waals surface area contributed by atoms with Crippen molar-refractivity contribution in [3.8, 4) is 5.75 Å². The second-order valence-corrected chi connectivity index (χ2v) is 4.72. The van der Waals surface area contributed by atoms with Crippen LogP contribution < -0.4 is 10.1 Å². The van der Waals surface area contributed by atoms with Crippen LogP contribution in [0.15, 0.2) is 30.6 Å². The average Bonchev–Trinajstić information content (AvgIpc) is 2.80. The quantitative estimate of drug-likeness (QED) is 0.895. The van der Waals surface area contributed by atoms with Gasteiger partial charge in [0, 0.05) is 24.5 Å². The molecule has 0 spiro atoms. The molecule has 0 saturated carbocycles. The number of nitrogens with zero attached hydrogens (tertiary/aromatic N) is 2. The van der Waals surface area contributed by atoms with E-state index in [1.54, 1.807) is 0 Å². The van der Waals surface area contributed by atoms with Crippen molar-refractivity contribution in [2.75, 3.05) is 11.9 Å². The summed E-state index contributed by atoms with van der Waals surface area (Å²) in [4.78, 5) is 0. The minimum Gasteiger partial charge on any atom is -0.494 e. The molecule has 0 amide bonds. The Labute approximate surface area is 114 Å². The van der Waals surface area contributed by atoms with Crippen molar-refractivity contribution >= 4 is 5.69 Å². The van der Waals surface area contributed by atoms with E-state index in [0.29, 0.717) is 6.61 Å². The first-order chi connectivity index (χ1) is 9.10. The normalized spacial score (nSPS) is 12.2. The fourth-order valence-corrected chi connectivity index (χ4v) is 2.03. The highest BCUT2D eigenvalue weighted by Crippen LogP contribution is 2.25. The molecular weight excluding hydrogens is 238 g/mol. The van der Waals surface area contributed by atoms with Crippen molar-refractivity contribution < 1.29 is 4.74 Å². The van der Waals surface area contributed by atoms with Crippen molar-refractivity contribution in [3.63, 3.8) is 0 Å². The monoisotopic (exact) mass is 259 g/mol. The number of benzene rings is 1. The van der Waals surface area contributed by atoms with Gasteiger partial charge in [-0.25, -0.2) is 0 Å². The van der Waals surface area contributed by atoms with Gasteiger partial charge in [0.2, 0.25) is 0 Å². The third kappa shape index (κ3) is 3.28. The second kappa shape index (κ2) is 5.78. The lowest BCUT2D eigenvalue weighted by Gasteiger charge is -2.16. The highest BCUT2D eigenvalue weighted by atomic mass is 16.5. The molecule has 2 aromatic rings. The molecule has 1 atom stereocenters. The van der Waals surface area contributed by atoms with Crippen molar-refractivity contribution in [2.45, 2.75) is 26.8 Å². The van der Waals surface area contributed by atoms with Crippen LogP contribution in [-0.4, -0.2) is 16.4 Å². The first kappa shape index (κ1) is 13.5. The summed E-state index contributed by atoms with van der Waals surface area (Å²) in [5, 5.41) is 7.70. The van der Waals surface area contributed by atoms with E-state index in [4.69, 9.17) is 4.74 Å². The lowest BCUT2D eigenvalue weighted by molar-refractivity contribution is 0.340. The maximum absolute atomic E-state index is 5.49. The fourth-order valence-electron chi connectivity index (χ4n) is 2.03. The Kier molecular flexibility index (Phi) is 4.10. The van der Waals surface area contributed by atoms with Crippen LogP contribution in [0.2, 0.25) is 0 Å². The van der Waals surface area contributed by atoms with E-state index < -0.39 is 0 Å². The number of hydrogen-bond acceptors (Lipinski definition) is 3. The van der Waals surface area contributed by atoms with Gasteiger partial charge in [0.15, 0.2) is 0 Å². The summed E-state index contributed by atoms with van der Waals surface area (Å²) in [6.07, 6.45) is 3.92. The zero-order valence-electron chi connectivity index (χ0n) is 12.0. The van der Waals surface area contributed by atoms with E-state index in [9.17, 15) is 0 Å². The van der Waals surface area contributed by atoms with Gasteiger partial charge in [0.1, 0.15) is 5.75 Å². The van der Waals surface area contributed by atoms with Crippen LogP contribution in [-0.2, 0) is 7.05 Å². The Hall–Kier alpha value is -1.97. The highest BCUT2D eigenvalue weighted by molar-refractivity contribution is 5.54. The third-order valence-corrected chi connectivity index (χ3v) is 3.11. The van der Waals surface area contributed by atoms with Gasteiger partial charge >= 0.3 is 0 Å². The molecule has 1 heterocycles. The summed E-state index contributed by atoms with van der Waals surface area (Å²) < 4.78 is 7.31. The summed E-state index contributed by atoms with van der Waals surface area (Å²) in [7, 11) is 1.93. The van der Waals surface area contributed by atoms with E-state index in [1.807, 2.05) is 37.1 Å². The Morgan fingerprint density at radius 3 is 2.79 bits per heavy atom. The van der Waals surface area contributed by atoms with Gasteiger partial charge in [-0.05, 0) is 44.5 Å². The zero-order valence-corrected chi connectivity index (χ0v) is 12.0. The number of anilines is 1. The number of nitrogens with one attached hydrogen (secondary N) is 1. The molecule has 102 valence electrons. The lowest BCUT2D eigenvalue weighted by Crippen LogP contribution is -2.07. The van der Waals surface area contributed by atoms with E-state index >= 15 is 0 Å². The summed E-state index contributed by atoms with van der Waals surface area (Å²) in [6, 6.07) is 6.34. The van der Waals surface area contributed by atoms with E-state index in [0.717, 1.165) is 11.4 Å². The molecule has 0 bridgehead atoms. The van der Waals surface area contributed by atoms with Crippen LogP contribution >= 0.6 is 0 Å². The average molecular weight is 259 g/mol. The van der Waals surface area contributed by atoms with Gasteiger partial charge in [0.25, 0.3) is 0 Å². The number of aryl methyl sites for hydroxylation is 2. The van der Waals surface area contributed by atoms with Gasteiger partial charge in [0.05, 0.1) is 18.8 Å². The summed E-state index contributed by atoms with van der Waals surface area (Å²) in [6.45, 7) is 6.90. The number of ether oxygens (including phenoxy) is 1. The van der Waals surface area contributed by atoms with Crippen molar-refractivity contribution in [3.05, 3.63) is 41.7 Å². The Balaban J connectivity index is 2.10. The van der Waals surface area contributed by atoms with Gasteiger partial charge in [-0.15, -0.1) is 0 Å². The first-order valence-corrected chi connectivity index (χ1v) is 6.58. The zero-order chi connectivity index (χ0) is 13.8. The van der Waals surface area contributed by atoms with E-state index in [2.05, 4.69) is 36.4 Å². The Morgan fingerprint density at radius 1 is 1.42 bits per heavy atom. The molecule has 1 aromatic carbocycles. The Morgan fingerprint density at radius 2 is 2.21 bits per heavy atom. The molecule has 1 unspecified atom stereocenters. The van der Waals surface area contributed by atoms with E-state index in [-0.39, 0.29) is 6.04 Å². The maximum Gasteiger partial charge on any atom is 0.119 e. The maximum atomic E-state index is 5.49. The van der Waals surface area contributed by atoms with Crippen LogP contribution in [0.1, 0.15) is 31.0 Å². The summed E-state index contributed by atoms with van der Waals surface area (Å²) in [5.41, 5.74) is 3.48. The molecular formula is C15H21N3O. The van der Waals surface area contributed by atoms with Crippen LogP contribution in [0.5, 0.6) is 5.75 Å². The van der Waals surface area contributed by atoms with Crippen LogP contribution in [0.25, 0.3) is 0 Å². The molecule has 2 rings (SSSR count). The second-order valence-electron chi connectivity index (χ2n) is 4.72. The van der Waals surface area contributed by atoms with Crippen LogP contribution in [0.3, 0.4) is 0 Å². The minimum absolute atomic E-state index is 0.227. The highest BCUT2D eigenvalue weighted by Gasteiger charge is 2.09. The molecule has 0 aliphatic heterocycles. The standard InChI is InChI=1S/C15H21N3O/c1-5-19-14-6-7-15(11(2)8-14)17-12(3)13-9-16-18(4)10-13/h6-10,12,17H,5H2,1-4H3. The lowest BCUT2D eigenvalue weighted by atomic mass is 10.1. The SMILES string of the molecule is CCOc1ccc(NC(C)c2cnn(C)c2)c(C)c1. The van der Waals surface area contributed by atoms with Crippen molar-refractivity contribution in [1.82, 2.24) is 9.78 Å². The predicted octanol–water partition coefficient (Wildman–Crippen LogP) is 3.30. The van der Waals surface area contributed by atoms with Gasteiger partial charge in [-0.1, -0.05) is 0 Å². The third-order valence-electron chi connectivity index (χ3n) is 3.11. The van der Waals surface area contributed by atoms with Gasteiger partial charge in [-0.2, -0.15) is 5.10 Å². The topological polar surface area (TPSA) is 39.1 Å². The molecule has 0 fully saturated rings. The van der Waals surface area contributed by atoms with Crippen LogP contribution in [0, 0.1) is 6.92 Å². The fraction of sp³-hybridized carbons (Fsp3) is 0.400. The molecule has 0 radical (unpaired) electrons. The van der Waals surface area contributed by atoms with Crippen LogP contribution in [0.4, 0.5) is 5.69 Å². The summed E-state index contributed by atoms with van der Waals surface area (Å²) in [5.74, 6) is 0.916. The largest absolute Gasteiger partial charge is 0.494 e. The van der Waals surface area contributed by atoms with Crippen molar-refractivity contribution in [1.29, 1.82) is 0 Å². The van der Waals surface area contributed by atoms with E-state index in [1.165, 1.54) is 11.1 Å². The number of rotatable bonds is 5. The smallest absolute Gasteiger partial charge is 0.119 e. The number of aromatic nitrogens is 2. The number of hydrogen-bond donors (Lipinski definition) is 1. The van der Waals surface area contributed by atoms with Crippen molar-refractivity contribution in [2.24, 2.45) is 7.05 Å². The summed E-state index contributed by atoms with van der Waals surface area (Å²) >= 11 is 0. The molecule has 4 nitrogen and oxygen atoms in total. The predicted molar refractivity (Wildman–Crippen MR) is 77.6 cm³/mol. The molecule has 4 heteroatoms. The molecule has 0 saturated heterocycles. The minimum atomic E-state index is 0.227. The molecule has 19 heavy (non-hydrogen) atoms. The first-order valence-electron chi connectivity index (χ1n) is 6.58. The molecule has 1 aromatic heterocycles. The van der Waals surface area contributed by atoms with Gasteiger partial charge < -0.3 is 10.1 Å².